The molecule has 11 N–H and O–H groups in total. The minimum Gasteiger partial charge on any atom is -0.504 e. The van der Waals surface area contributed by atoms with Gasteiger partial charge in [-0.2, -0.15) is 0 Å². The standard InChI is InChI=1S/C44H53N7O11/c1-44(2,3)62-43(61)51-33(23-28-25-47-30-14-8-7-13-29(28)30)41(59)48-31(15-9-10-20-46-37(54)19-17-27-16-18-35(52)36(53)22-27)40(58)50-34(24-38(55)56)42(60)49-32(39(45)57)21-26-11-5-4-6-12-26/h4-8,11-14,16-19,22,25,31-34,47,52-53H,9-10,15,20-21,23-24H2,1-3H3,(H2,45,57)(H,46,54)(H,48,59)(H,49,60)(H,50,58)(H,51,61)(H,55,56)/b19-17+/t31-,32-,33-,34-/m0/s1. The van der Waals surface area contributed by atoms with Crippen LogP contribution < -0.4 is 32.3 Å². The van der Waals surface area contributed by atoms with Gasteiger partial charge in [-0.15, -0.1) is 0 Å². The van der Waals surface area contributed by atoms with E-state index in [0.717, 1.165) is 10.9 Å². The number of carboxylic acids is 1. The number of H-pyrrole nitrogens is 1. The Hall–Kier alpha value is -7.37. The number of nitrogens with two attached hydrogens (primary N) is 1. The maximum absolute atomic E-state index is 14.1. The lowest BCUT2D eigenvalue weighted by Crippen LogP contribution is -2.59. The van der Waals surface area contributed by atoms with Crippen molar-refractivity contribution in [3.8, 4) is 11.5 Å². The first-order valence-corrected chi connectivity index (χ1v) is 19.9. The van der Waals surface area contributed by atoms with Crippen LogP contribution in [0.2, 0.25) is 0 Å². The molecule has 0 saturated carbocycles. The number of hydrogen-bond acceptors (Lipinski definition) is 10. The molecule has 0 radical (unpaired) electrons. The van der Waals surface area contributed by atoms with Crippen LogP contribution in [0.15, 0.2) is 85.1 Å². The molecule has 62 heavy (non-hydrogen) atoms. The number of phenols is 2. The molecular formula is C44H53N7O11. The minimum absolute atomic E-state index is 0.0104. The van der Waals surface area contributed by atoms with E-state index in [9.17, 15) is 48.9 Å². The largest absolute Gasteiger partial charge is 0.504 e. The molecule has 18 nitrogen and oxygen atoms in total. The lowest BCUT2D eigenvalue weighted by Gasteiger charge is -2.26. The summed E-state index contributed by atoms with van der Waals surface area (Å²) in [5, 5.41) is 42.5. The molecule has 1 heterocycles. The number of aromatic amines is 1. The number of aromatic hydroxyl groups is 2. The highest BCUT2D eigenvalue weighted by molar-refractivity contribution is 5.97. The summed E-state index contributed by atoms with van der Waals surface area (Å²) in [6, 6.07) is 14.4. The fourth-order valence-corrected chi connectivity index (χ4v) is 6.28. The third-order valence-electron chi connectivity index (χ3n) is 9.34. The zero-order valence-corrected chi connectivity index (χ0v) is 34.6. The Morgan fingerprint density at radius 1 is 0.758 bits per heavy atom. The first kappa shape index (κ1) is 47.3. The summed E-state index contributed by atoms with van der Waals surface area (Å²) in [6.07, 6.45) is 2.97. The Bertz CT molecular complexity index is 2250. The average molecular weight is 856 g/mol. The number of ether oxygens (including phenoxy) is 1. The number of aliphatic carboxylic acids is 1. The molecule has 0 spiro atoms. The molecule has 4 rings (SSSR count). The highest BCUT2D eigenvalue weighted by Crippen LogP contribution is 2.25. The van der Waals surface area contributed by atoms with Crippen molar-refractivity contribution < 1.29 is 53.6 Å². The molecule has 0 saturated heterocycles. The van der Waals surface area contributed by atoms with Crippen LogP contribution in [0.5, 0.6) is 11.5 Å². The zero-order chi connectivity index (χ0) is 45.4. The summed E-state index contributed by atoms with van der Waals surface area (Å²) in [7, 11) is 0. The minimum atomic E-state index is -1.71. The number of fused-ring (bicyclic) bond motifs is 1. The zero-order valence-electron chi connectivity index (χ0n) is 34.6. The molecule has 6 amide bonds. The van der Waals surface area contributed by atoms with Gasteiger partial charge in [0.05, 0.1) is 6.42 Å². The van der Waals surface area contributed by atoms with Gasteiger partial charge in [-0.1, -0.05) is 54.6 Å². The number of primary amides is 1. The number of hydrogen-bond donors (Lipinski definition) is 10. The van der Waals surface area contributed by atoms with Gasteiger partial charge in [0.2, 0.25) is 29.5 Å². The smallest absolute Gasteiger partial charge is 0.408 e. The molecule has 0 aliphatic rings. The van der Waals surface area contributed by atoms with E-state index in [2.05, 4.69) is 31.6 Å². The van der Waals surface area contributed by atoms with Gasteiger partial charge in [0.1, 0.15) is 29.8 Å². The summed E-state index contributed by atoms with van der Waals surface area (Å²) in [6.45, 7) is 5.09. The van der Waals surface area contributed by atoms with E-state index in [1.807, 2.05) is 24.3 Å². The second-order valence-corrected chi connectivity index (χ2v) is 15.5. The number of aromatic nitrogens is 1. The SMILES string of the molecule is CC(C)(C)OC(=O)N[C@@H](Cc1c[nH]c2ccccc12)C(=O)N[C@@H](CCCCNC(=O)/C=C/c1ccc(O)c(O)c1)C(=O)N[C@@H](CC(=O)O)C(=O)N[C@@H](Cc1ccccc1)C(N)=O. The summed E-state index contributed by atoms with van der Waals surface area (Å²) in [4.78, 5) is 94.6. The van der Waals surface area contributed by atoms with Gasteiger partial charge in [-0.3, -0.25) is 28.8 Å². The summed E-state index contributed by atoms with van der Waals surface area (Å²) >= 11 is 0. The second-order valence-electron chi connectivity index (χ2n) is 15.5. The van der Waals surface area contributed by atoms with E-state index in [1.165, 1.54) is 30.4 Å². The molecule has 0 aliphatic heterocycles. The molecule has 3 aromatic carbocycles. The monoisotopic (exact) mass is 855 g/mol. The summed E-state index contributed by atoms with van der Waals surface area (Å²) < 4.78 is 5.43. The number of carbonyl (C=O) groups excluding carboxylic acids is 6. The predicted octanol–water partition coefficient (Wildman–Crippen LogP) is 2.67. The molecule has 0 bridgehead atoms. The Morgan fingerprint density at radius 2 is 1.40 bits per heavy atom. The van der Waals surface area contributed by atoms with Crippen molar-refractivity contribution in [1.29, 1.82) is 0 Å². The van der Waals surface area contributed by atoms with Crippen molar-refractivity contribution in [2.75, 3.05) is 6.54 Å². The number of para-hydroxylation sites is 1. The Morgan fingerprint density at radius 3 is 2.08 bits per heavy atom. The molecule has 330 valence electrons. The van der Waals surface area contributed by atoms with Crippen LogP contribution in [0.1, 0.15) is 63.1 Å². The van der Waals surface area contributed by atoms with E-state index < -0.39 is 77.8 Å². The Labute approximate surface area is 357 Å². The molecule has 4 atom stereocenters. The number of nitrogens with one attached hydrogen (secondary N) is 6. The van der Waals surface area contributed by atoms with E-state index >= 15 is 0 Å². The van der Waals surface area contributed by atoms with E-state index in [1.54, 1.807) is 57.3 Å². The van der Waals surface area contributed by atoms with Crippen LogP contribution in [0, 0.1) is 0 Å². The molecule has 0 fully saturated rings. The summed E-state index contributed by atoms with van der Waals surface area (Å²) in [5.74, 6) is -6.22. The van der Waals surface area contributed by atoms with Gasteiger partial charge < -0.3 is 57.4 Å². The van der Waals surface area contributed by atoms with E-state index in [-0.39, 0.29) is 43.7 Å². The van der Waals surface area contributed by atoms with Gasteiger partial charge in [0.15, 0.2) is 11.5 Å². The Balaban J connectivity index is 1.53. The van der Waals surface area contributed by atoms with Crippen molar-refractivity contribution in [2.45, 2.75) is 89.1 Å². The fraction of sp³-hybridized carbons (Fsp3) is 0.341. The molecular weight excluding hydrogens is 803 g/mol. The number of rotatable bonds is 21. The van der Waals surface area contributed by atoms with Crippen LogP contribution in [0.3, 0.4) is 0 Å². The van der Waals surface area contributed by atoms with Crippen LogP contribution in [-0.4, -0.2) is 98.2 Å². The lowest BCUT2D eigenvalue weighted by molar-refractivity contribution is -0.141. The summed E-state index contributed by atoms with van der Waals surface area (Å²) in [5.41, 5.74) is 7.22. The fourth-order valence-electron chi connectivity index (χ4n) is 6.28. The molecule has 0 unspecified atom stereocenters. The third-order valence-corrected chi connectivity index (χ3v) is 9.34. The van der Waals surface area contributed by atoms with Gasteiger partial charge >= 0.3 is 12.1 Å². The van der Waals surface area contributed by atoms with Crippen molar-refractivity contribution >= 4 is 58.6 Å². The average Bonchev–Trinajstić information content (AvgIpc) is 3.61. The van der Waals surface area contributed by atoms with E-state index in [4.69, 9.17) is 10.5 Å². The number of amides is 6. The van der Waals surface area contributed by atoms with Crippen LogP contribution in [-0.2, 0) is 46.3 Å². The third kappa shape index (κ3) is 15.3. The topological polar surface area (TPSA) is 291 Å². The van der Waals surface area contributed by atoms with Gasteiger partial charge in [-0.25, -0.2) is 4.79 Å². The van der Waals surface area contributed by atoms with Gasteiger partial charge in [0, 0.05) is 42.6 Å². The molecule has 18 heteroatoms. The maximum atomic E-state index is 14.1. The number of alkyl carbamates (subject to hydrolysis) is 1. The van der Waals surface area contributed by atoms with Crippen molar-refractivity contribution in [3.05, 3.63) is 102 Å². The molecule has 0 aliphatic carbocycles. The van der Waals surface area contributed by atoms with Gasteiger partial charge in [-0.05, 0) is 81.0 Å². The second kappa shape index (κ2) is 22.3. The van der Waals surface area contributed by atoms with Crippen LogP contribution in [0.4, 0.5) is 4.79 Å². The number of unbranched alkanes of at least 4 members (excludes halogenated alkanes) is 1. The predicted molar refractivity (Wildman–Crippen MR) is 228 cm³/mol. The number of carbonyl (C=O) groups is 7. The first-order chi connectivity index (χ1) is 29.4. The number of phenolic OH excluding ortho intramolecular Hbond substituents is 2. The van der Waals surface area contributed by atoms with E-state index in [0.29, 0.717) is 23.1 Å². The quantitative estimate of drug-likeness (QED) is 0.0330. The van der Waals surface area contributed by atoms with Crippen molar-refractivity contribution in [3.63, 3.8) is 0 Å². The van der Waals surface area contributed by atoms with Crippen molar-refractivity contribution in [1.82, 2.24) is 31.6 Å². The maximum Gasteiger partial charge on any atom is 0.408 e. The molecule has 4 aromatic rings. The Kier molecular flexibility index (Phi) is 17.0. The van der Waals surface area contributed by atoms with Crippen molar-refractivity contribution in [2.24, 2.45) is 5.73 Å². The highest BCUT2D eigenvalue weighted by atomic mass is 16.6. The normalized spacial score (nSPS) is 13.3. The van der Waals surface area contributed by atoms with Crippen LogP contribution in [0.25, 0.3) is 17.0 Å². The number of carboxylic acid groups (broad SMARTS) is 1. The molecule has 1 aromatic heterocycles. The van der Waals surface area contributed by atoms with Gasteiger partial charge in [0.25, 0.3) is 0 Å². The lowest BCUT2D eigenvalue weighted by atomic mass is 10.0. The van der Waals surface area contributed by atoms with Crippen LogP contribution >= 0.6 is 0 Å². The first-order valence-electron chi connectivity index (χ1n) is 19.9. The number of benzene rings is 3. The highest BCUT2D eigenvalue weighted by Gasteiger charge is 2.33.